The highest BCUT2D eigenvalue weighted by molar-refractivity contribution is 6.30. The summed E-state index contributed by atoms with van der Waals surface area (Å²) in [5, 5.41) is 3.64. The van der Waals surface area contributed by atoms with Crippen molar-refractivity contribution in [1.82, 2.24) is 9.80 Å². The van der Waals surface area contributed by atoms with E-state index in [2.05, 4.69) is 48.0 Å². The number of hydrogen-bond acceptors (Lipinski definition) is 3. The van der Waals surface area contributed by atoms with E-state index in [0.29, 0.717) is 17.5 Å². The first kappa shape index (κ1) is 40.0. The molecule has 5 nitrogen and oxygen atoms in total. The molecule has 0 spiro atoms. The zero-order chi connectivity index (χ0) is 34.6. The van der Waals surface area contributed by atoms with Gasteiger partial charge in [0, 0.05) is 41.9 Å². The van der Waals surface area contributed by atoms with Gasteiger partial charge in [0.25, 0.3) is 5.91 Å². The Hall–Kier alpha value is -3.15. The lowest BCUT2D eigenvalue weighted by molar-refractivity contribution is -0.115. The summed E-state index contributed by atoms with van der Waals surface area (Å²) in [5.41, 5.74) is 4.77. The SMILES string of the molecule is CC.CC.CCCCCc1ccc(C(=O)N(Cc2ccc(NC(=O)Cc3ccc(Cl)cc3)cc2)C2CCN(CCC(C)C)CC2)cc1. The van der Waals surface area contributed by atoms with Crippen molar-refractivity contribution < 1.29 is 9.59 Å². The van der Waals surface area contributed by atoms with Crippen LogP contribution in [0.15, 0.2) is 72.8 Å². The summed E-state index contributed by atoms with van der Waals surface area (Å²) >= 11 is 5.96. The van der Waals surface area contributed by atoms with Gasteiger partial charge >= 0.3 is 0 Å². The molecule has 0 aromatic heterocycles. The van der Waals surface area contributed by atoms with Gasteiger partial charge in [-0.2, -0.15) is 0 Å². The number of benzene rings is 3. The molecule has 0 atom stereocenters. The predicted octanol–water partition coefficient (Wildman–Crippen LogP) is 10.5. The number of aryl methyl sites for hydroxylation is 1. The van der Waals surface area contributed by atoms with Crippen LogP contribution < -0.4 is 5.32 Å². The lowest BCUT2D eigenvalue weighted by atomic mass is 9.99. The molecule has 2 amide bonds. The Labute approximate surface area is 291 Å². The number of halogens is 1. The Morgan fingerprint density at radius 2 is 1.40 bits per heavy atom. The van der Waals surface area contributed by atoms with E-state index in [9.17, 15) is 9.59 Å². The van der Waals surface area contributed by atoms with E-state index >= 15 is 0 Å². The van der Waals surface area contributed by atoms with Crippen LogP contribution in [0.2, 0.25) is 5.02 Å². The van der Waals surface area contributed by atoms with E-state index in [1.165, 1.54) is 31.2 Å². The molecule has 1 aliphatic rings. The van der Waals surface area contributed by atoms with Crippen LogP contribution >= 0.6 is 11.6 Å². The molecular weight excluding hydrogens is 602 g/mol. The Balaban J connectivity index is 0.00000185. The van der Waals surface area contributed by atoms with Crippen molar-refractivity contribution in [3.05, 3.63) is 100 Å². The fourth-order valence-corrected chi connectivity index (χ4v) is 5.83. The number of rotatable bonds is 14. The summed E-state index contributed by atoms with van der Waals surface area (Å²) in [6, 6.07) is 23.7. The third-order valence-electron chi connectivity index (χ3n) is 8.42. The van der Waals surface area contributed by atoms with E-state index in [0.717, 1.165) is 61.3 Å². The quantitative estimate of drug-likeness (QED) is 0.175. The van der Waals surface area contributed by atoms with E-state index in [1.54, 1.807) is 12.1 Å². The van der Waals surface area contributed by atoms with Gasteiger partial charge in [-0.1, -0.05) is 109 Å². The van der Waals surface area contributed by atoms with Crippen LogP contribution in [-0.2, 0) is 24.2 Å². The molecule has 0 bridgehead atoms. The molecule has 1 aliphatic heterocycles. The largest absolute Gasteiger partial charge is 0.331 e. The first-order chi connectivity index (χ1) is 22.8. The Kier molecular flexibility index (Phi) is 19.1. The summed E-state index contributed by atoms with van der Waals surface area (Å²) < 4.78 is 0. The summed E-state index contributed by atoms with van der Waals surface area (Å²) in [4.78, 5) is 31.2. The lowest BCUT2D eigenvalue weighted by Gasteiger charge is -2.39. The Bertz CT molecular complexity index is 1280. The normalized spacial score (nSPS) is 13.2. The molecule has 47 heavy (non-hydrogen) atoms. The van der Waals surface area contributed by atoms with Crippen LogP contribution in [0.3, 0.4) is 0 Å². The van der Waals surface area contributed by atoms with Crippen LogP contribution in [0.5, 0.6) is 0 Å². The van der Waals surface area contributed by atoms with Crippen LogP contribution in [0.25, 0.3) is 0 Å². The van der Waals surface area contributed by atoms with E-state index in [4.69, 9.17) is 11.6 Å². The van der Waals surface area contributed by atoms with Gasteiger partial charge in [-0.3, -0.25) is 9.59 Å². The van der Waals surface area contributed by atoms with Crippen molar-refractivity contribution in [2.45, 2.75) is 112 Å². The topological polar surface area (TPSA) is 52.7 Å². The average molecular weight is 662 g/mol. The first-order valence-corrected chi connectivity index (χ1v) is 18.4. The van der Waals surface area contributed by atoms with Crippen LogP contribution in [0.1, 0.15) is 114 Å². The standard InChI is InChI=1S/C37H48ClN3O2.2C2H6/c1-4-5-6-7-29-8-14-32(15-9-29)37(43)41(35-21-24-40(25-22-35)23-20-28(2)3)27-31-12-18-34(19-13-31)39-36(42)26-30-10-16-33(38)17-11-30;2*1-2/h8-19,28,35H,4-7,20-27H2,1-3H3,(H,39,42);2*1-2H3. The average Bonchev–Trinajstić information content (AvgIpc) is 3.10. The van der Waals surface area contributed by atoms with Gasteiger partial charge in [0.2, 0.25) is 5.91 Å². The fourth-order valence-electron chi connectivity index (χ4n) is 5.70. The molecule has 1 saturated heterocycles. The summed E-state index contributed by atoms with van der Waals surface area (Å²) in [6.45, 7) is 18.5. The molecule has 0 unspecified atom stereocenters. The van der Waals surface area contributed by atoms with Gasteiger partial charge in [0.15, 0.2) is 0 Å². The minimum Gasteiger partial charge on any atom is -0.331 e. The second-order valence-electron chi connectivity index (χ2n) is 12.4. The fraction of sp³-hybridized carbons (Fsp3) is 0.512. The van der Waals surface area contributed by atoms with Gasteiger partial charge in [-0.25, -0.2) is 0 Å². The zero-order valence-corrected chi connectivity index (χ0v) is 30.9. The van der Waals surface area contributed by atoms with Crippen molar-refractivity contribution in [3.63, 3.8) is 0 Å². The van der Waals surface area contributed by atoms with Gasteiger partial charge in [0.05, 0.1) is 6.42 Å². The minimum absolute atomic E-state index is 0.0748. The first-order valence-electron chi connectivity index (χ1n) is 18.1. The second kappa shape index (κ2) is 22.4. The molecule has 1 fully saturated rings. The second-order valence-corrected chi connectivity index (χ2v) is 12.8. The molecule has 1 heterocycles. The van der Waals surface area contributed by atoms with Crippen LogP contribution in [0, 0.1) is 5.92 Å². The molecule has 3 aromatic carbocycles. The molecule has 4 rings (SSSR count). The molecule has 0 radical (unpaired) electrons. The number of anilines is 1. The number of carbonyl (C=O) groups excluding carboxylic acids is 2. The van der Waals surface area contributed by atoms with Gasteiger partial charge in [0.1, 0.15) is 0 Å². The summed E-state index contributed by atoms with van der Waals surface area (Å²) in [5.74, 6) is 0.723. The number of likely N-dealkylation sites (tertiary alicyclic amines) is 1. The number of nitrogens with one attached hydrogen (secondary N) is 1. The molecular formula is C41H60ClN3O2. The monoisotopic (exact) mass is 661 g/mol. The Morgan fingerprint density at radius 3 is 1.98 bits per heavy atom. The van der Waals surface area contributed by atoms with E-state index < -0.39 is 0 Å². The van der Waals surface area contributed by atoms with Gasteiger partial charge in [-0.05, 0) is 97.7 Å². The maximum Gasteiger partial charge on any atom is 0.254 e. The number of nitrogens with zero attached hydrogens (tertiary/aromatic N) is 2. The molecule has 0 saturated carbocycles. The van der Waals surface area contributed by atoms with Crippen molar-refractivity contribution in [1.29, 1.82) is 0 Å². The van der Waals surface area contributed by atoms with Gasteiger partial charge < -0.3 is 15.1 Å². The van der Waals surface area contributed by atoms with Crippen molar-refractivity contribution in [2.75, 3.05) is 25.0 Å². The highest BCUT2D eigenvalue weighted by Gasteiger charge is 2.29. The molecule has 1 N–H and O–H groups in total. The highest BCUT2D eigenvalue weighted by atomic mass is 35.5. The molecule has 3 aromatic rings. The molecule has 6 heteroatoms. The van der Waals surface area contributed by atoms with E-state index in [1.807, 2.05) is 76.2 Å². The number of piperidine rings is 1. The summed E-state index contributed by atoms with van der Waals surface area (Å²) in [6.07, 6.45) is 8.14. The summed E-state index contributed by atoms with van der Waals surface area (Å²) in [7, 11) is 0. The Morgan fingerprint density at radius 1 is 0.830 bits per heavy atom. The lowest BCUT2D eigenvalue weighted by Crippen LogP contribution is -2.47. The maximum atomic E-state index is 14.0. The minimum atomic E-state index is -0.0748. The third kappa shape index (κ3) is 14.2. The zero-order valence-electron chi connectivity index (χ0n) is 30.2. The van der Waals surface area contributed by atoms with Crippen LogP contribution in [-0.4, -0.2) is 47.3 Å². The molecule has 258 valence electrons. The van der Waals surface area contributed by atoms with Crippen molar-refractivity contribution in [3.8, 4) is 0 Å². The number of hydrogen-bond donors (Lipinski definition) is 1. The van der Waals surface area contributed by atoms with Crippen molar-refractivity contribution >= 4 is 29.1 Å². The van der Waals surface area contributed by atoms with E-state index in [-0.39, 0.29) is 24.3 Å². The highest BCUT2D eigenvalue weighted by Crippen LogP contribution is 2.24. The smallest absolute Gasteiger partial charge is 0.254 e. The maximum absolute atomic E-state index is 14.0. The third-order valence-corrected chi connectivity index (χ3v) is 8.67. The number of unbranched alkanes of at least 4 members (excludes halogenated alkanes) is 2. The van der Waals surface area contributed by atoms with Crippen molar-refractivity contribution in [2.24, 2.45) is 5.92 Å². The number of amides is 2. The molecule has 0 aliphatic carbocycles. The van der Waals surface area contributed by atoms with Crippen LogP contribution in [0.4, 0.5) is 5.69 Å². The van der Waals surface area contributed by atoms with Gasteiger partial charge in [-0.15, -0.1) is 0 Å². The number of carbonyl (C=O) groups is 2. The predicted molar refractivity (Wildman–Crippen MR) is 201 cm³/mol.